The average Bonchev–Trinajstić information content (AvgIpc) is 2.13. The Bertz CT molecular complexity index is 417. The van der Waals surface area contributed by atoms with Gasteiger partial charge in [-0.25, -0.2) is 13.6 Å². The number of aryl methyl sites for hydroxylation is 1. The third-order valence-corrected chi connectivity index (χ3v) is 2.80. The smallest absolute Gasteiger partial charge is 0.209 e. The first-order valence-electron chi connectivity index (χ1n) is 4.64. The van der Waals surface area contributed by atoms with Crippen molar-refractivity contribution < 1.29 is 8.42 Å². The summed E-state index contributed by atoms with van der Waals surface area (Å²) in [4.78, 5) is 3.96. The SMILES string of the molecule is Cc1cnccc1NCCCS(N)(=O)=O. The molecule has 0 aliphatic rings. The van der Waals surface area contributed by atoms with Crippen molar-refractivity contribution >= 4 is 15.7 Å². The van der Waals surface area contributed by atoms with Gasteiger partial charge < -0.3 is 5.32 Å². The Morgan fingerprint density at radius 2 is 2.27 bits per heavy atom. The number of pyridine rings is 1. The zero-order chi connectivity index (χ0) is 11.3. The van der Waals surface area contributed by atoms with Gasteiger partial charge in [0.05, 0.1) is 5.75 Å². The van der Waals surface area contributed by atoms with E-state index in [1.54, 1.807) is 12.4 Å². The van der Waals surface area contributed by atoms with E-state index in [0.29, 0.717) is 13.0 Å². The van der Waals surface area contributed by atoms with Gasteiger partial charge in [0.15, 0.2) is 0 Å². The van der Waals surface area contributed by atoms with Crippen LogP contribution in [0.25, 0.3) is 0 Å². The molecule has 1 aromatic rings. The quantitative estimate of drug-likeness (QED) is 0.719. The van der Waals surface area contributed by atoms with E-state index < -0.39 is 10.0 Å². The van der Waals surface area contributed by atoms with Crippen LogP contribution in [0.15, 0.2) is 18.5 Å². The molecule has 0 bridgehead atoms. The molecule has 0 amide bonds. The van der Waals surface area contributed by atoms with Crippen LogP contribution in [0.1, 0.15) is 12.0 Å². The van der Waals surface area contributed by atoms with Crippen LogP contribution in [0.4, 0.5) is 5.69 Å². The third-order valence-electron chi connectivity index (χ3n) is 1.94. The number of aromatic nitrogens is 1. The molecule has 0 saturated heterocycles. The minimum Gasteiger partial charge on any atom is -0.385 e. The predicted octanol–water partition coefficient (Wildman–Crippen LogP) is 0.481. The summed E-state index contributed by atoms with van der Waals surface area (Å²) < 4.78 is 21.3. The summed E-state index contributed by atoms with van der Waals surface area (Å²) in [7, 11) is -3.34. The Labute approximate surface area is 89.8 Å². The van der Waals surface area contributed by atoms with E-state index >= 15 is 0 Å². The van der Waals surface area contributed by atoms with Crippen molar-refractivity contribution in [3.63, 3.8) is 0 Å². The predicted molar refractivity (Wildman–Crippen MR) is 60.1 cm³/mol. The van der Waals surface area contributed by atoms with Crippen LogP contribution in [-0.2, 0) is 10.0 Å². The van der Waals surface area contributed by atoms with Crippen molar-refractivity contribution in [2.45, 2.75) is 13.3 Å². The first-order chi connectivity index (χ1) is 6.99. The number of sulfonamides is 1. The molecule has 1 rings (SSSR count). The molecule has 0 aromatic carbocycles. The van der Waals surface area contributed by atoms with Crippen molar-refractivity contribution in [2.24, 2.45) is 5.14 Å². The number of hydrogen-bond acceptors (Lipinski definition) is 4. The van der Waals surface area contributed by atoms with Crippen molar-refractivity contribution in [3.05, 3.63) is 24.0 Å². The topological polar surface area (TPSA) is 85.1 Å². The zero-order valence-electron chi connectivity index (χ0n) is 8.60. The number of rotatable bonds is 5. The fourth-order valence-electron chi connectivity index (χ4n) is 1.17. The molecule has 0 saturated carbocycles. The van der Waals surface area contributed by atoms with Gasteiger partial charge in [-0.3, -0.25) is 4.98 Å². The molecule has 0 radical (unpaired) electrons. The molecule has 1 aromatic heterocycles. The average molecular weight is 229 g/mol. The minimum atomic E-state index is -3.34. The van der Waals surface area contributed by atoms with Crippen LogP contribution < -0.4 is 10.5 Å². The molecule has 6 heteroatoms. The van der Waals surface area contributed by atoms with Crippen LogP contribution in [-0.4, -0.2) is 25.7 Å². The Morgan fingerprint density at radius 1 is 1.53 bits per heavy atom. The highest BCUT2D eigenvalue weighted by Crippen LogP contribution is 2.10. The van der Waals surface area contributed by atoms with Gasteiger partial charge in [0.2, 0.25) is 10.0 Å². The Hall–Kier alpha value is -1.14. The highest BCUT2D eigenvalue weighted by Gasteiger charge is 2.02. The number of hydrogen-bond donors (Lipinski definition) is 2. The number of nitrogens with one attached hydrogen (secondary N) is 1. The number of anilines is 1. The second kappa shape index (κ2) is 5.09. The standard InChI is InChI=1S/C9H15N3O2S/c1-8-7-11-5-3-9(8)12-4-2-6-15(10,13)14/h3,5,7H,2,4,6H2,1H3,(H,11,12)(H2,10,13,14). The summed E-state index contributed by atoms with van der Waals surface area (Å²) in [6, 6.07) is 1.85. The number of primary sulfonamides is 1. The van der Waals surface area contributed by atoms with E-state index in [2.05, 4.69) is 10.3 Å². The Kier molecular flexibility index (Phi) is 4.05. The lowest BCUT2D eigenvalue weighted by Crippen LogP contribution is -2.18. The van der Waals surface area contributed by atoms with E-state index in [9.17, 15) is 8.42 Å². The molecule has 0 spiro atoms. The van der Waals surface area contributed by atoms with Gasteiger partial charge in [-0.15, -0.1) is 0 Å². The lowest BCUT2D eigenvalue weighted by molar-refractivity contribution is 0.596. The van der Waals surface area contributed by atoms with E-state index in [1.165, 1.54) is 0 Å². The van der Waals surface area contributed by atoms with Crippen molar-refractivity contribution in [3.8, 4) is 0 Å². The van der Waals surface area contributed by atoms with E-state index in [-0.39, 0.29) is 5.75 Å². The second-order valence-electron chi connectivity index (χ2n) is 3.34. The summed E-state index contributed by atoms with van der Waals surface area (Å²) in [5, 5.41) is 8.00. The van der Waals surface area contributed by atoms with Gasteiger partial charge in [0.25, 0.3) is 0 Å². The molecule has 0 atom stereocenters. The molecule has 15 heavy (non-hydrogen) atoms. The summed E-state index contributed by atoms with van der Waals surface area (Å²) >= 11 is 0. The first-order valence-corrected chi connectivity index (χ1v) is 6.35. The van der Waals surface area contributed by atoms with Crippen molar-refractivity contribution in [1.82, 2.24) is 4.98 Å². The molecule has 0 fully saturated rings. The molecule has 0 unspecified atom stereocenters. The van der Waals surface area contributed by atoms with E-state index in [0.717, 1.165) is 11.3 Å². The van der Waals surface area contributed by atoms with Crippen LogP contribution in [0.3, 0.4) is 0 Å². The second-order valence-corrected chi connectivity index (χ2v) is 5.07. The molecule has 5 nitrogen and oxygen atoms in total. The zero-order valence-corrected chi connectivity index (χ0v) is 9.42. The van der Waals surface area contributed by atoms with E-state index in [1.807, 2.05) is 13.0 Å². The fraction of sp³-hybridized carbons (Fsp3) is 0.444. The number of nitrogens with zero attached hydrogens (tertiary/aromatic N) is 1. The maximum absolute atomic E-state index is 10.6. The largest absolute Gasteiger partial charge is 0.385 e. The maximum Gasteiger partial charge on any atom is 0.209 e. The van der Waals surface area contributed by atoms with Gasteiger partial charge >= 0.3 is 0 Å². The van der Waals surface area contributed by atoms with Gasteiger partial charge in [-0.05, 0) is 25.0 Å². The van der Waals surface area contributed by atoms with Crippen LogP contribution in [0.2, 0.25) is 0 Å². The monoisotopic (exact) mass is 229 g/mol. The maximum atomic E-state index is 10.6. The highest BCUT2D eigenvalue weighted by atomic mass is 32.2. The van der Waals surface area contributed by atoms with Gasteiger partial charge in [-0.1, -0.05) is 0 Å². The summed E-state index contributed by atoms with van der Waals surface area (Å²) in [5.74, 6) is 0.00410. The van der Waals surface area contributed by atoms with Crippen LogP contribution >= 0.6 is 0 Å². The molecule has 3 N–H and O–H groups in total. The molecular formula is C9H15N3O2S. The molecule has 1 heterocycles. The van der Waals surface area contributed by atoms with Crippen molar-refractivity contribution in [1.29, 1.82) is 0 Å². The van der Waals surface area contributed by atoms with Gasteiger partial charge in [0, 0.05) is 24.6 Å². The van der Waals surface area contributed by atoms with Crippen LogP contribution in [0.5, 0.6) is 0 Å². The summed E-state index contributed by atoms with van der Waals surface area (Å²) in [5.41, 5.74) is 2.01. The van der Waals surface area contributed by atoms with Gasteiger partial charge in [-0.2, -0.15) is 0 Å². The fourth-order valence-corrected chi connectivity index (χ4v) is 1.71. The molecule has 0 aliphatic heterocycles. The highest BCUT2D eigenvalue weighted by molar-refractivity contribution is 7.89. The first kappa shape index (κ1) is 11.9. The Morgan fingerprint density at radius 3 is 2.87 bits per heavy atom. The molecule has 84 valence electrons. The van der Waals surface area contributed by atoms with E-state index in [4.69, 9.17) is 5.14 Å². The molecule has 0 aliphatic carbocycles. The minimum absolute atomic E-state index is 0.00410. The Balaban J connectivity index is 2.36. The summed E-state index contributed by atoms with van der Waals surface area (Å²) in [6.45, 7) is 2.52. The molecular weight excluding hydrogens is 214 g/mol. The van der Waals surface area contributed by atoms with Gasteiger partial charge in [0.1, 0.15) is 0 Å². The summed E-state index contributed by atoms with van der Waals surface area (Å²) in [6.07, 6.45) is 3.94. The van der Waals surface area contributed by atoms with Crippen molar-refractivity contribution in [2.75, 3.05) is 17.6 Å². The van der Waals surface area contributed by atoms with Crippen LogP contribution in [0, 0.1) is 6.92 Å². The lowest BCUT2D eigenvalue weighted by atomic mass is 10.2. The third kappa shape index (κ3) is 4.75. The number of nitrogens with two attached hydrogens (primary N) is 1. The normalized spacial score (nSPS) is 11.3. The lowest BCUT2D eigenvalue weighted by Gasteiger charge is -2.07.